The molecule has 0 aliphatic carbocycles. The molecule has 2 aromatic heterocycles. The van der Waals surface area contributed by atoms with E-state index >= 15 is 8.78 Å². The second kappa shape index (κ2) is 17.3. The van der Waals surface area contributed by atoms with Crippen LogP contribution in [-0.4, -0.2) is 121 Å². The number of ether oxygens (including phenoxy) is 5. The van der Waals surface area contributed by atoms with Gasteiger partial charge in [-0.2, -0.15) is 9.97 Å². The number of carbonyl (C=O) groups is 1. The summed E-state index contributed by atoms with van der Waals surface area (Å²) in [7, 11) is -0.860. The van der Waals surface area contributed by atoms with E-state index in [9.17, 15) is 9.18 Å². The van der Waals surface area contributed by atoms with Crippen molar-refractivity contribution in [2.45, 2.75) is 146 Å². The monoisotopic (exact) mass is 928 g/mol. The van der Waals surface area contributed by atoms with E-state index in [4.69, 9.17) is 38.6 Å². The number of carbonyl (C=O) groups excluding carboxylic acids is 1. The lowest BCUT2D eigenvalue weighted by molar-refractivity contribution is 0.00537. The van der Waals surface area contributed by atoms with E-state index in [2.05, 4.69) is 62.8 Å². The van der Waals surface area contributed by atoms with E-state index < -0.39 is 49.2 Å². The molecule has 5 atom stereocenters. The third kappa shape index (κ3) is 7.90. The molecule has 0 saturated carbocycles. The van der Waals surface area contributed by atoms with Gasteiger partial charge in [-0.1, -0.05) is 53.5 Å². The number of halogens is 3. The number of anilines is 1. The molecular weight excluding hydrogens is 866 g/mol. The lowest BCUT2D eigenvalue weighted by Crippen LogP contribution is -2.63. The van der Waals surface area contributed by atoms with Crippen molar-refractivity contribution >= 4 is 41.7 Å². The molecule has 66 heavy (non-hydrogen) atoms. The van der Waals surface area contributed by atoms with Crippen molar-refractivity contribution in [3.05, 3.63) is 41.5 Å². The second-order valence-corrected chi connectivity index (χ2v) is 26.5. The molecule has 354 valence electrons. The first-order valence-corrected chi connectivity index (χ1v) is 25.8. The Morgan fingerprint density at radius 1 is 0.985 bits per heavy atom. The first kappa shape index (κ1) is 46.3. The Balaban J connectivity index is 1.25. The first-order chi connectivity index (χ1) is 31.4. The average molecular weight is 929 g/mol. The van der Waals surface area contributed by atoms with Gasteiger partial charge in [0.25, 0.3) is 0 Å². The summed E-state index contributed by atoms with van der Waals surface area (Å²) in [4.78, 5) is 34.6. The molecule has 0 N–H and O–H groups in total. The van der Waals surface area contributed by atoms with Crippen LogP contribution in [0.15, 0.2) is 24.3 Å². The van der Waals surface area contributed by atoms with Crippen LogP contribution in [-0.2, 0) is 9.47 Å². The van der Waals surface area contributed by atoms with Crippen molar-refractivity contribution in [3.8, 4) is 40.4 Å². The Kier molecular flexibility index (Phi) is 12.2. The van der Waals surface area contributed by atoms with Crippen LogP contribution in [0.4, 0.5) is 23.8 Å². The van der Waals surface area contributed by atoms with E-state index in [0.29, 0.717) is 48.3 Å². The summed E-state index contributed by atoms with van der Waals surface area (Å²) in [5, 5.41) is 1.19. The van der Waals surface area contributed by atoms with Gasteiger partial charge in [-0.05, 0) is 93.2 Å². The molecule has 4 saturated heterocycles. The highest BCUT2D eigenvalue weighted by Gasteiger charge is 2.53. The number of rotatable bonds is 10. The van der Waals surface area contributed by atoms with Gasteiger partial charge in [0, 0.05) is 37.6 Å². The number of aromatic nitrogens is 3. The van der Waals surface area contributed by atoms with Crippen molar-refractivity contribution in [2.24, 2.45) is 0 Å². The third-order valence-corrected chi connectivity index (χ3v) is 21.2. The maximum Gasteiger partial charge on any atom is 0.410 e. The van der Waals surface area contributed by atoms with Gasteiger partial charge in [0.15, 0.2) is 12.6 Å². The van der Waals surface area contributed by atoms with Crippen molar-refractivity contribution in [2.75, 3.05) is 51.7 Å². The Morgan fingerprint density at radius 3 is 2.45 bits per heavy atom. The van der Waals surface area contributed by atoms with E-state index in [-0.39, 0.29) is 88.3 Å². The Hall–Kier alpha value is -4.85. The quantitative estimate of drug-likeness (QED) is 0.0861. The Morgan fingerprint density at radius 2 is 1.74 bits per heavy atom. The Bertz CT molecular complexity index is 2590. The molecule has 16 heteroatoms. The Labute approximate surface area is 386 Å². The van der Waals surface area contributed by atoms with E-state index in [1.54, 1.807) is 18.2 Å². The summed E-state index contributed by atoms with van der Waals surface area (Å²) in [6, 6.07) is 5.41. The van der Waals surface area contributed by atoms with Crippen LogP contribution in [0.2, 0.25) is 16.6 Å². The normalized spacial score (nSPS) is 23.9. The average Bonchev–Trinajstić information content (AvgIpc) is 3.86. The maximum absolute atomic E-state index is 18.1. The molecule has 4 aromatic rings. The lowest BCUT2D eigenvalue weighted by atomic mass is 9.95. The molecule has 5 aliphatic rings. The number of nitrogens with zero attached hydrogens (tertiary/aromatic N) is 6. The van der Waals surface area contributed by atoms with Gasteiger partial charge >= 0.3 is 12.1 Å². The van der Waals surface area contributed by atoms with Crippen LogP contribution >= 0.6 is 0 Å². The fourth-order valence-electron chi connectivity index (χ4n) is 12.1. The first-order valence-electron chi connectivity index (χ1n) is 23.6. The van der Waals surface area contributed by atoms with Crippen molar-refractivity contribution in [1.29, 1.82) is 0 Å². The lowest BCUT2D eigenvalue weighted by Gasteiger charge is -2.46. The van der Waals surface area contributed by atoms with Gasteiger partial charge in [-0.15, -0.1) is 5.54 Å². The van der Waals surface area contributed by atoms with Gasteiger partial charge in [-0.3, -0.25) is 9.80 Å². The van der Waals surface area contributed by atoms with Crippen molar-refractivity contribution in [3.63, 3.8) is 0 Å². The molecule has 2 aromatic carbocycles. The van der Waals surface area contributed by atoms with Crippen molar-refractivity contribution in [1.82, 2.24) is 24.8 Å². The van der Waals surface area contributed by atoms with Gasteiger partial charge < -0.3 is 28.6 Å². The number of hydrogen-bond acceptors (Lipinski definition) is 11. The molecule has 0 spiro atoms. The van der Waals surface area contributed by atoms with E-state index in [1.807, 2.05) is 25.7 Å². The zero-order valence-corrected chi connectivity index (χ0v) is 40.9. The molecule has 9 rings (SSSR count). The number of pyridine rings is 1. The summed E-state index contributed by atoms with van der Waals surface area (Å²) in [6.07, 6.45) is 2.07. The third-order valence-electron chi connectivity index (χ3n) is 14.9. The molecule has 7 heterocycles. The van der Waals surface area contributed by atoms with Crippen LogP contribution in [0.1, 0.15) is 100.0 Å². The molecule has 4 fully saturated rings. The highest BCUT2D eigenvalue weighted by atomic mass is 28.3. The predicted octanol–water partition coefficient (Wildman–Crippen LogP) is 9.98. The SMILES string of the molecule is COCOc1cc(-c2nc3c4c(nc(OC[C@]56CCCN5C[C@@H](F)C6)nc4c2F)N2C[C@@H]4CC[C@H]([C@@H]2CO3)N4C(=O)OC(C)(C)C)c2c(C#C[Si](C(C)C)(C(C)C)C(C)C)c(F)ccc2c1. The molecule has 12 nitrogen and oxygen atoms in total. The predicted molar refractivity (Wildman–Crippen MR) is 251 cm³/mol. The minimum absolute atomic E-state index is 0.0670. The molecule has 0 radical (unpaired) electrons. The number of amides is 1. The van der Waals surface area contributed by atoms with Crippen molar-refractivity contribution < 1.29 is 41.7 Å². The highest BCUT2D eigenvalue weighted by molar-refractivity contribution is 6.90. The topological polar surface area (TPSA) is 112 Å². The number of fused-ring (bicyclic) bond motifs is 7. The highest BCUT2D eigenvalue weighted by Crippen LogP contribution is 2.48. The minimum Gasteiger partial charge on any atom is -0.475 e. The fourth-order valence-corrected chi connectivity index (χ4v) is 17.3. The summed E-state index contributed by atoms with van der Waals surface area (Å²) < 4.78 is 79.9. The van der Waals surface area contributed by atoms with Crippen LogP contribution < -0.4 is 19.1 Å². The number of hydrogen-bond donors (Lipinski definition) is 0. The molecule has 2 bridgehead atoms. The zero-order chi connectivity index (χ0) is 47.0. The largest absolute Gasteiger partial charge is 0.475 e. The standard InChI is InChI=1S/C50H63F3N6O6Si/c1-28(2)66(29(3)4,30(5)6)19-16-35-37(52)14-12-31-20-34(64-27-61-10)21-36(40(31)35)43-42(53)44-41-45(56-47(55-44)63-26-50-17-11-18-57(50)23-32(51)22-50)58-24-33-13-15-38(39(58)25-62-46(41)54-43)59(33)48(60)65-49(7,8)9/h12,14,20-21,28-30,32-33,38-39H,11,13,15,17-18,22-27H2,1-10H3/t32-,33-,38+,39-,50+/m0/s1. The minimum atomic E-state index is -2.36. The molecule has 5 aliphatic heterocycles. The van der Waals surface area contributed by atoms with Crippen LogP contribution in [0.25, 0.3) is 32.9 Å². The van der Waals surface area contributed by atoms with Gasteiger partial charge in [0.05, 0.1) is 29.2 Å². The number of methoxy groups -OCH3 is 1. The fraction of sp³-hybridized carbons (Fsp3) is 0.600. The number of benzene rings is 2. The summed E-state index contributed by atoms with van der Waals surface area (Å²) in [5.74, 6) is 2.81. The summed E-state index contributed by atoms with van der Waals surface area (Å²) in [5.41, 5.74) is 3.43. The van der Waals surface area contributed by atoms with Gasteiger partial charge in [0.1, 0.15) is 67.0 Å². The molecule has 1 amide bonds. The van der Waals surface area contributed by atoms with Gasteiger partial charge in [0.2, 0.25) is 5.88 Å². The second-order valence-electron chi connectivity index (χ2n) is 20.9. The van der Waals surface area contributed by atoms with E-state index in [0.717, 1.165) is 25.8 Å². The molecular formula is C50H63F3N6O6Si. The van der Waals surface area contributed by atoms with Crippen LogP contribution in [0.5, 0.6) is 17.6 Å². The maximum atomic E-state index is 18.1. The molecule has 0 unspecified atom stereocenters. The van der Waals surface area contributed by atoms with Gasteiger partial charge in [-0.25, -0.2) is 22.9 Å². The summed E-state index contributed by atoms with van der Waals surface area (Å²) >= 11 is 0. The smallest absolute Gasteiger partial charge is 0.410 e. The van der Waals surface area contributed by atoms with E-state index in [1.165, 1.54) is 13.2 Å². The number of alkyl halides is 1. The van der Waals surface area contributed by atoms with Crippen LogP contribution in [0, 0.1) is 23.1 Å². The van der Waals surface area contributed by atoms with Crippen LogP contribution in [0.3, 0.4) is 0 Å². The number of piperazine rings is 1. The summed E-state index contributed by atoms with van der Waals surface area (Å²) in [6.45, 7) is 20.3. The zero-order valence-electron chi connectivity index (χ0n) is 39.9.